The minimum Gasteiger partial charge on any atom is -0.253 e. The molecule has 0 N–H and O–H groups in total. The van der Waals surface area contributed by atoms with Crippen molar-refractivity contribution in [2.24, 2.45) is 0 Å². The van der Waals surface area contributed by atoms with E-state index < -0.39 is 35.9 Å². The fourth-order valence-electron chi connectivity index (χ4n) is 3.70. The molecule has 0 aliphatic rings. The van der Waals surface area contributed by atoms with Crippen LogP contribution in [0.4, 0.5) is 0 Å². The molecule has 0 aromatic heterocycles. The first-order valence-corrected chi connectivity index (χ1v) is 16.0. The molecule has 0 bridgehead atoms. The molecule has 0 aliphatic carbocycles. The Balaban J connectivity index is 2.05. The molecule has 0 saturated carbocycles. The van der Waals surface area contributed by atoms with Crippen LogP contribution in [-0.4, -0.2) is 40.3 Å². The van der Waals surface area contributed by atoms with Crippen molar-refractivity contribution in [2.45, 2.75) is 21.6 Å². The molecule has 0 unspecified atom stereocenters. The molecule has 11 heteroatoms. The molecule has 0 heterocycles. The maximum atomic E-state index is 14.1. The van der Waals surface area contributed by atoms with Crippen molar-refractivity contribution >= 4 is 36.1 Å². The van der Waals surface area contributed by atoms with Crippen LogP contribution in [0.1, 0.15) is 11.1 Å². The van der Waals surface area contributed by atoms with E-state index in [-0.39, 0.29) is 18.4 Å². The Morgan fingerprint density at radius 2 is 0.923 bits per heavy atom. The van der Waals surface area contributed by atoms with Crippen molar-refractivity contribution in [2.75, 3.05) is 7.05 Å². The van der Waals surface area contributed by atoms with Crippen molar-refractivity contribution in [3.63, 3.8) is 0 Å². The lowest BCUT2D eigenvalue weighted by Gasteiger charge is -2.32. The Bertz CT molecular complexity index is 1720. The van der Waals surface area contributed by atoms with Crippen LogP contribution in [0.15, 0.2) is 136 Å². The molecular weight excluding hydrogens is 557 g/mol. The van der Waals surface area contributed by atoms with Crippen LogP contribution >= 0.6 is 0 Å². The molecule has 0 saturated heterocycles. The van der Waals surface area contributed by atoms with E-state index >= 15 is 0 Å². The molecule has 4 aromatic carbocycles. The van der Waals surface area contributed by atoms with E-state index in [1.165, 1.54) is 66.7 Å². The maximum absolute atomic E-state index is 14.1. The number of hydrogen-bond donors (Lipinski definition) is 0. The number of benzene rings is 4. The van der Waals surface area contributed by atoms with Gasteiger partial charge in [-0.3, -0.25) is 4.31 Å². The minimum atomic E-state index is -4.85. The van der Waals surface area contributed by atoms with Crippen LogP contribution in [-0.2, 0) is 30.1 Å². The van der Waals surface area contributed by atoms with E-state index in [0.29, 0.717) is 9.87 Å². The Morgan fingerprint density at radius 3 is 1.36 bits per heavy atom. The zero-order valence-corrected chi connectivity index (χ0v) is 23.6. The van der Waals surface area contributed by atoms with Gasteiger partial charge < -0.3 is 0 Å². The van der Waals surface area contributed by atoms with E-state index in [2.05, 4.69) is 0 Å². The summed E-state index contributed by atoms with van der Waals surface area (Å²) in [7, 11) is -13.0. The lowest BCUT2D eigenvalue weighted by Crippen LogP contribution is -2.43. The summed E-state index contributed by atoms with van der Waals surface area (Å²) in [6.45, 7) is 1.79. The highest BCUT2D eigenvalue weighted by Gasteiger charge is 2.42. The van der Waals surface area contributed by atoms with E-state index in [0.717, 1.165) is 12.6 Å². The highest BCUT2D eigenvalue weighted by Crippen LogP contribution is 2.33. The summed E-state index contributed by atoms with van der Waals surface area (Å²) in [5.74, 6) is -0.602. The number of hydrogen-bond acceptors (Lipinski definition) is 6. The predicted octanol–water partition coefficient (Wildman–Crippen LogP) is 4.69. The van der Waals surface area contributed by atoms with Gasteiger partial charge in [-0.05, 0) is 55.0 Å². The van der Waals surface area contributed by atoms with E-state index in [1.807, 2.05) is 0 Å². The standard InChI is InChI=1S/C28H26N2O6S3/c1-23-18-20-27(21-19-23)37(31,32)29(2)28(22-24-12-6-3-7-13-24)30(38(33,34)25-14-8-4-9-15-25)39(35,36)26-16-10-5-11-17-26/h3-22H,1-2H3/b28-22+. The van der Waals surface area contributed by atoms with Crippen LogP contribution < -0.4 is 0 Å². The van der Waals surface area contributed by atoms with Gasteiger partial charge in [0.05, 0.1) is 14.7 Å². The van der Waals surface area contributed by atoms with Gasteiger partial charge in [-0.15, -0.1) is 3.71 Å². The molecule has 202 valence electrons. The molecule has 0 spiro atoms. The smallest absolute Gasteiger partial charge is 0.253 e. The van der Waals surface area contributed by atoms with Gasteiger partial charge in [-0.2, -0.15) is 16.8 Å². The zero-order valence-electron chi connectivity index (χ0n) is 21.1. The third-order valence-electron chi connectivity index (χ3n) is 5.80. The Kier molecular flexibility index (Phi) is 7.96. The first-order valence-electron chi connectivity index (χ1n) is 11.7. The van der Waals surface area contributed by atoms with Crippen LogP contribution in [0.3, 0.4) is 0 Å². The number of rotatable bonds is 9. The van der Waals surface area contributed by atoms with Gasteiger partial charge in [0.15, 0.2) is 0 Å². The van der Waals surface area contributed by atoms with Gasteiger partial charge in [-0.1, -0.05) is 84.4 Å². The molecule has 0 atom stereocenters. The van der Waals surface area contributed by atoms with E-state index in [4.69, 9.17) is 0 Å². The summed E-state index contributed by atoms with van der Waals surface area (Å²) in [6, 6.07) is 28.2. The second kappa shape index (κ2) is 11.0. The zero-order chi connectivity index (χ0) is 28.3. The largest absolute Gasteiger partial charge is 0.278 e. The van der Waals surface area contributed by atoms with Crippen LogP contribution in [0.5, 0.6) is 0 Å². The maximum Gasteiger partial charge on any atom is 0.278 e. The van der Waals surface area contributed by atoms with Crippen molar-refractivity contribution in [1.29, 1.82) is 0 Å². The van der Waals surface area contributed by atoms with Gasteiger partial charge in [0, 0.05) is 7.05 Å². The molecule has 4 rings (SSSR count). The average molecular weight is 583 g/mol. The summed E-state index contributed by atoms with van der Waals surface area (Å²) >= 11 is 0. The molecule has 8 nitrogen and oxygen atoms in total. The average Bonchev–Trinajstić information content (AvgIpc) is 2.94. The number of aryl methyl sites for hydroxylation is 1. The first kappa shape index (κ1) is 28.1. The lowest BCUT2D eigenvalue weighted by atomic mass is 10.2. The third kappa shape index (κ3) is 5.75. The Hall–Kier alpha value is -3.93. The third-order valence-corrected chi connectivity index (χ3v) is 11.7. The SMILES string of the molecule is Cc1ccc(S(=O)(=O)N(C)/C(=C\c2ccccc2)N(S(=O)(=O)c2ccccc2)S(=O)(=O)c2ccccc2)cc1. The second-order valence-corrected chi connectivity index (χ2v) is 14.3. The van der Waals surface area contributed by atoms with Gasteiger partial charge in [-0.25, -0.2) is 8.42 Å². The van der Waals surface area contributed by atoms with Crippen molar-refractivity contribution in [3.8, 4) is 0 Å². The van der Waals surface area contributed by atoms with Crippen molar-refractivity contribution in [3.05, 3.63) is 132 Å². The van der Waals surface area contributed by atoms with Gasteiger partial charge in [0.2, 0.25) is 0 Å². The fourth-order valence-corrected chi connectivity index (χ4v) is 8.76. The Labute approximate surface area is 229 Å². The quantitative estimate of drug-likeness (QED) is 0.283. The summed E-state index contributed by atoms with van der Waals surface area (Å²) in [5.41, 5.74) is 1.20. The second-order valence-electron chi connectivity index (χ2n) is 8.53. The van der Waals surface area contributed by atoms with E-state index in [9.17, 15) is 25.3 Å². The summed E-state index contributed by atoms with van der Waals surface area (Å²) in [6.07, 6.45) is 1.21. The lowest BCUT2D eigenvalue weighted by molar-refractivity contribution is 0.462. The van der Waals surface area contributed by atoms with E-state index in [1.54, 1.807) is 61.5 Å². The van der Waals surface area contributed by atoms with Crippen molar-refractivity contribution in [1.82, 2.24) is 8.02 Å². The van der Waals surface area contributed by atoms with Crippen LogP contribution in [0, 0.1) is 6.92 Å². The summed E-state index contributed by atoms with van der Waals surface area (Å²) in [4.78, 5) is -0.794. The molecule has 4 aromatic rings. The topological polar surface area (TPSA) is 109 Å². The monoisotopic (exact) mass is 582 g/mol. The normalized spacial score (nSPS) is 12.6. The molecule has 39 heavy (non-hydrogen) atoms. The Morgan fingerprint density at radius 1 is 0.538 bits per heavy atom. The van der Waals surface area contributed by atoms with Crippen LogP contribution in [0.25, 0.3) is 6.08 Å². The van der Waals surface area contributed by atoms with Crippen LogP contribution in [0.2, 0.25) is 0 Å². The fraction of sp³-hybridized carbons (Fsp3) is 0.0714. The summed E-state index contributed by atoms with van der Waals surface area (Å²) in [5, 5.41) is 0. The highest BCUT2D eigenvalue weighted by atomic mass is 32.3. The molecule has 0 aliphatic heterocycles. The molecule has 0 fully saturated rings. The minimum absolute atomic E-state index is 0.135. The summed E-state index contributed by atoms with van der Waals surface area (Å²) < 4.78 is 84.7. The highest BCUT2D eigenvalue weighted by molar-refractivity contribution is 8.04. The number of sulfonamides is 3. The number of nitrogens with zero attached hydrogens (tertiary/aromatic N) is 2. The first-order chi connectivity index (χ1) is 18.5. The molecule has 0 amide bonds. The van der Waals surface area contributed by atoms with Gasteiger partial charge in [0.1, 0.15) is 5.82 Å². The molecule has 0 radical (unpaired) electrons. The van der Waals surface area contributed by atoms with Gasteiger partial charge in [0.25, 0.3) is 30.1 Å². The molecular formula is C28H26N2O6S3. The van der Waals surface area contributed by atoms with Gasteiger partial charge >= 0.3 is 0 Å². The predicted molar refractivity (Wildman–Crippen MR) is 150 cm³/mol. The van der Waals surface area contributed by atoms with Crippen molar-refractivity contribution < 1.29 is 25.3 Å².